The van der Waals surface area contributed by atoms with Crippen LogP contribution in [-0.4, -0.2) is 78.5 Å². The van der Waals surface area contributed by atoms with Gasteiger partial charge in [0, 0.05) is 30.9 Å². The van der Waals surface area contributed by atoms with Gasteiger partial charge >= 0.3 is 11.7 Å². The third-order valence-electron chi connectivity index (χ3n) is 10.6. The summed E-state index contributed by atoms with van der Waals surface area (Å²) in [5.74, 6) is 0.520. The highest BCUT2D eigenvalue weighted by molar-refractivity contribution is 6.03. The molecule has 5 aromatic carbocycles. The molecule has 2 atom stereocenters. The number of nitrogens with zero attached hydrogens (tertiary/aromatic N) is 3. The SMILES string of the molecule is COc1ccc(C(OC[C@@]2(COC(=O)c3ccccc3)CN(C(C)C)C[C@H](n3ccc(NC(=O)c4ccccc4)nc3=O)O2)(c2ccccc2)c2ccc(OC)cc2)cc1. The molecule has 0 saturated carbocycles. The lowest BCUT2D eigenvalue weighted by molar-refractivity contribution is -0.233. The summed E-state index contributed by atoms with van der Waals surface area (Å²) in [6.45, 7) is 4.38. The van der Waals surface area contributed by atoms with Crippen molar-refractivity contribution in [1.82, 2.24) is 14.5 Å². The zero-order valence-electron chi connectivity index (χ0n) is 34.0. The lowest BCUT2D eigenvalue weighted by atomic mass is 9.79. The standard InChI is InChI=1S/C48H48N4O8/c1-34(2)51-30-43(52-29-28-42(50-46(52)55)49-44(53)35-14-8-5-9-15-35)60-47(31-51,32-58-45(54)36-16-10-6-11-17-36)33-59-48(37-18-12-7-13-19-37,38-20-24-40(56-3)25-21-38)39-22-26-41(57-4)27-23-39/h5-29,34,43H,30-33H2,1-4H3,(H,49,50,53,55)/t43-,47+/m1/s1. The molecule has 1 aliphatic rings. The van der Waals surface area contributed by atoms with Crippen LogP contribution in [0.1, 0.15) is 57.5 Å². The quantitative estimate of drug-likeness (QED) is 0.0830. The first-order chi connectivity index (χ1) is 29.1. The number of amides is 1. The fourth-order valence-electron chi connectivity index (χ4n) is 7.39. The summed E-state index contributed by atoms with van der Waals surface area (Å²) in [5.41, 5.74) is 0.0433. The van der Waals surface area contributed by atoms with Gasteiger partial charge in [0.05, 0.1) is 26.4 Å². The van der Waals surface area contributed by atoms with Crippen LogP contribution in [0.4, 0.5) is 5.82 Å². The number of methoxy groups -OCH3 is 2. The van der Waals surface area contributed by atoms with E-state index in [1.165, 1.54) is 4.57 Å². The number of hydrogen-bond donors (Lipinski definition) is 1. The van der Waals surface area contributed by atoms with E-state index in [1.54, 1.807) is 75.0 Å². The van der Waals surface area contributed by atoms with Crippen LogP contribution < -0.4 is 20.5 Å². The van der Waals surface area contributed by atoms with Crippen molar-refractivity contribution in [2.45, 2.75) is 37.3 Å². The summed E-state index contributed by atoms with van der Waals surface area (Å²) in [6.07, 6.45) is 0.654. The first-order valence-corrected chi connectivity index (χ1v) is 19.7. The molecule has 0 spiro atoms. The molecule has 308 valence electrons. The Balaban J connectivity index is 1.31. The zero-order chi connectivity index (χ0) is 42.1. The molecule has 1 saturated heterocycles. The molecule has 0 aliphatic carbocycles. The Labute approximate surface area is 349 Å². The van der Waals surface area contributed by atoms with Crippen molar-refractivity contribution in [2.75, 3.05) is 45.8 Å². The normalized spacial score (nSPS) is 16.9. The first-order valence-electron chi connectivity index (χ1n) is 19.7. The lowest BCUT2D eigenvalue weighted by Gasteiger charge is -2.48. The molecule has 12 nitrogen and oxygen atoms in total. The summed E-state index contributed by atoms with van der Waals surface area (Å²) >= 11 is 0. The number of benzene rings is 5. The van der Waals surface area contributed by atoms with Crippen LogP contribution in [0.3, 0.4) is 0 Å². The number of esters is 1. The lowest BCUT2D eigenvalue weighted by Crippen LogP contribution is -2.61. The van der Waals surface area contributed by atoms with Crippen molar-refractivity contribution in [3.05, 3.63) is 190 Å². The number of hydrogen-bond acceptors (Lipinski definition) is 10. The van der Waals surface area contributed by atoms with Gasteiger partial charge in [-0.25, -0.2) is 9.59 Å². The second kappa shape index (κ2) is 18.5. The summed E-state index contributed by atoms with van der Waals surface area (Å²) < 4.78 is 33.0. The van der Waals surface area contributed by atoms with E-state index in [4.69, 9.17) is 23.7 Å². The summed E-state index contributed by atoms with van der Waals surface area (Å²) in [5, 5.41) is 2.71. The Bertz CT molecular complexity index is 2360. The molecule has 12 heteroatoms. The van der Waals surface area contributed by atoms with Gasteiger partial charge in [0.1, 0.15) is 35.1 Å². The van der Waals surface area contributed by atoms with Crippen molar-refractivity contribution < 1.29 is 33.3 Å². The van der Waals surface area contributed by atoms with Gasteiger partial charge < -0.3 is 29.0 Å². The predicted octanol–water partition coefficient (Wildman–Crippen LogP) is 7.36. The summed E-state index contributed by atoms with van der Waals surface area (Å²) in [4.78, 5) is 46.7. The van der Waals surface area contributed by atoms with Crippen LogP contribution in [0, 0.1) is 0 Å². The highest BCUT2D eigenvalue weighted by Crippen LogP contribution is 2.43. The summed E-state index contributed by atoms with van der Waals surface area (Å²) in [6, 6.07) is 44.2. The number of anilines is 1. The number of rotatable bonds is 15. The maximum atomic E-state index is 13.8. The number of aromatic nitrogens is 2. The third kappa shape index (κ3) is 9.16. The molecule has 0 bridgehead atoms. The molecule has 0 radical (unpaired) electrons. The molecule has 1 aliphatic heterocycles. The average Bonchev–Trinajstić information content (AvgIpc) is 3.29. The second-order valence-corrected chi connectivity index (χ2v) is 14.8. The molecule has 2 heterocycles. The van der Waals surface area contributed by atoms with Gasteiger partial charge in [0.25, 0.3) is 5.91 Å². The fraction of sp³-hybridized carbons (Fsp3) is 0.250. The van der Waals surface area contributed by atoms with Crippen LogP contribution in [0.5, 0.6) is 11.5 Å². The molecule has 7 rings (SSSR count). The Morgan fingerprint density at radius 2 is 1.28 bits per heavy atom. The number of nitrogens with one attached hydrogen (secondary N) is 1. The Morgan fingerprint density at radius 1 is 0.750 bits per heavy atom. The first kappa shape index (κ1) is 41.6. The molecule has 60 heavy (non-hydrogen) atoms. The number of ether oxygens (including phenoxy) is 5. The van der Waals surface area contributed by atoms with E-state index in [1.807, 2.05) is 91.0 Å². The fourth-order valence-corrected chi connectivity index (χ4v) is 7.39. The predicted molar refractivity (Wildman–Crippen MR) is 227 cm³/mol. The third-order valence-corrected chi connectivity index (χ3v) is 10.6. The van der Waals surface area contributed by atoms with E-state index in [2.05, 4.69) is 29.0 Å². The topological polar surface area (TPSA) is 130 Å². The Morgan fingerprint density at radius 3 is 1.82 bits per heavy atom. The van der Waals surface area contributed by atoms with E-state index in [9.17, 15) is 14.4 Å². The summed E-state index contributed by atoms with van der Waals surface area (Å²) in [7, 11) is 3.23. The zero-order valence-corrected chi connectivity index (χ0v) is 34.0. The van der Waals surface area contributed by atoms with Gasteiger partial charge in [0.15, 0.2) is 6.23 Å². The number of morpholine rings is 1. The minimum absolute atomic E-state index is 0.0178. The van der Waals surface area contributed by atoms with Crippen molar-refractivity contribution in [3.8, 4) is 11.5 Å². The maximum Gasteiger partial charge on any atom is 0.351 e. The van der Waals surface area contributed by atoms with Crippen molar-refractivity contribution in [1.29, 1.82) is 0 Å². The monoisotopic (exact) mass is 808 g/mol. The minimum atomic E-state index is -1.34. The van der Waals surface area contributed by atoms with Gasteiger partial charge in [-0.1, -0.05) is 91.0 Å². The number of carbonyl (C=O) groups is 2. The minimum Gasteiger partial charge on any atom is -0.497 e. The van der Waals surface area contributed by atoms with Gasteiger partial charge in [-0.2, -0.15) is 4.98 Å². The van der Waals surface area contributed by atoms with E-state index in [0.717, 1.165) is 16.7 Å². The Kier molecular flexibility index (Phi) is 12.8. The van der Waals surface area contributed by atoms with Crippen LogP contribution in [0.2, 0.25) is 0 Å². The number of carbonyl (C=O) groups excluding carboxylic acids is 2. The van der Waals surface area contributed by atoms with E-state index in [-0.39, 0.29) is 31.6 Å². The molecular weight excluding hydrogens is 761 g/mol. The molecule has 1 fully saturated rings. The molecule has 1 N–H and O–H groups in total. The molecular formula is C48H48N4O8. The highest BCUT2D eigenvalue weighted by atomic mass is 16.6. The molecule has 6 aromatic rings. The maximum absolute atomic E-state index is 13.8. The van der Waals surface area contributed by atoms with E-state index >= 15 is 0 Å². The van der Waals surface area contributed by atoms with Crippen LogP contribution in [-0.2, 0) is 19.8 Å². The van der Waals surface area contributed by atoms with Gasteiger partial charge in [0.2, 0.25) is 0 Å². The second-order valence-electron chi connectivity index (χ2n) is 14.8. The van der Waals surface area contributed by atoms with Crippen molar-refractivity contribution >= 4 is 17.7 Å². The molecule has 0 unspecified atom stereocenters. The van der Waals surface area contributed by atoms with E-state index < -0.39 is 35.0 Å². The van der Waals surface area contributed by atoms with Gasteiger partial charge in [-0.15, -0.1) is 0 Å². The largest absolute Gasteiger partial charge is 0.497 e. The Hall–Kier alpha value is -6.60. The van der Waals surface area contributed by atoms with Crippen molar-refractivity contribution in [2.24, 2.45) is 0 Å². The molecule has 1 aromatic heterocycles. The van der Waals surface area contributed by atoms with Crippen LogP contribution in [0.25, 0.3) is 0 Å². The van der Waals surface area contributed by atoms with Crippen molar-refractivity contribution in [3.63, 3.8) is 0 Å². The van der Waals surface area contributed by atoms with Gasteiger partial charge in [-0.05, 0) is 85.1 Å². The molecule has 1 amide bonds. The van der Waals surface area contributed by atoms with Gasteiger partial charge in [-0.3, -0.25) is 14.3 Å². The van der Waals surface area contributed by atoms with Crippen LogP contribution >= 0.6 is 0 Å². The van der Waals surface area contributed by atoms with Crippen LogP contribution in [0.15, 0.2) is 157 Å². The average molecular weight is 809 g/mol. The smallest absolute Gasteiger partial charge is 0.351 e. The highest BCUT2D eigenvalue weighted by Gasteiger charge is 2.48. The van der Waals surface area contributed by atoms with E-state index in [0.29, 0.717) is 29.2 Å².